The van der Waals surface area contributed by atoms with Gasteiger partial charge in [0, 0.05) is 22.5 Å². The van der Waals surface area contributed by atoms with Gasteiger partial charge >= 0.3 is 0 Å². The van der Waals surface area contributed by atoms with Crippen LogP contribution in [0.4, 0.5) is 0 Å². The Hall–Kier alpha value is -2.09. The van der Waals surface area contributed by atoms with Crippen molar-refractivity contribution in [1.82, 2.24) is 4.98 Å². The van der Waals surface area contributed by atoms with Gasteiger partial charge in [0.05, 0.1) is 5.52 Å². The molecule has 0 radical (unpaired) electrons. The van der Waals surface area contributed by atoms with Crippen LogP contribution < -0.4 is 5.43 Å². The average Bonchev–Trinajstić information content (AvgIpc) is 3.01. The largest absolute Gasteiger partial charge is 0.357 e. The van der Waals surface area contributed by atoms with Gasteiger partial charge in [-0.1, -0.05) is 43.2 Å². The number of nitrogens with one attached hydrogen (secondary N) is 1. The van der Waals surface area contributed by atoms with Gasteiger partial charge in [-0.2, -0.15) is 0 Å². The molecule has 0 saturated heterocycles. The van der Waals surface area contributed by atoms with E-state index in [9.17, 15) is 4.79 Å². The lowest BCUT2D eigenvalue weighted by Crippen LogP contribution is -2.07. The summed E-state index contributed by atoms with van der Waals surface area (Å²) in [7, 11) is 0. The summed E-state index contributed by atoms with van der Waals surface area (Å²) in [6.45, 7) is 0. The fraction of sp³-hybridized carbons (Fsp3) is 0.278. The summed E-state index contributed by atoms with van der Waals surface area (Å²) in [5.41, 5.74) is 2.26. The molecule has 0 bridgehead atoms. The van der Waals surface area contributed by atoms with Crippen molar-refractivity contribution in [2.24, 2.45) is 0 Å². The molecule has 20 heavy (non-hydrogen) atoms. The summed E-state index contributed by atoms with van der Waals surface area (Å²) in [5, 5.41) is 3.12. The van der Waals surface area contributed by atoms with Crippen LogP contribution >= 0.6 is 0 Å². The second kappa shape index (κ2) is 4.48. The van der Waals surface area contributed by atoms with E-state index in [4.69, 9.17) is 0 Å². The van der Waals surface area contributed by atoms with Crippen LogP contribution in [0.15, 0.2) is 47.3 Å². The fourth-order valence-electron chi connectivity index (χ4n) is 3.47. The lowest BCUT2D eigenvalue weighted by atomic mass is 10.0. The van der Waals surface area contributed by atoms with Crippen LogP contribution in [0.25, 0.3) is 21.7 Å². The number of aromatic amines is 1. The number of rotatable bonds is 1. The highest BCUT2D eigenvalue weighted by Gasteiger charge is 2.19. The van der Waals surface area contributed by atoms with Crippen LogP contribution in [0, 0.1) is 0 Å². The maximum Gasteiger partial charge on any atom is 0.189 e. The standard InChI is InChI=1S/C18H17NO/c20-17-11-16(13-6-1-2-7-13)19-18-14-8-4-3-5-12(14)9-10-15(17)18/h3-5,8-11,13H,1-2,6-7H2,(H,19,20). The molecule has 1 heterocycles. The van der Waals surface area contributed by atoms with Crippen LogP contribution in [-0.4, -0.2) is 4.98 Å². The van der Waals surface area contributed by atoms with Crippen LogP contribution in [0.3, 0.4) is 0 Å². The highest BCUT2D eigenvalue weighted by atomic mass is 16.1. The van der Waals surface area contributed by atoms with Crippen molar-refractivity contribution in [3.05, 3.63) is 58.4 Å². The molecule has 1 fully saturated rings. The zero-order valence-electron chi connectivity index (χ0n) is 11.4. The Bertz CT molecular complexity index is 841. The van der Waals surface area contributed by atoms with Gasteiger partial charge in [0.15, 0.2) is 5.43 Å². The molecule has 0 aliphatic heterocycles. The molecule has 1 aromatic heterocycles. The summed E-state index contributed by atoms with van der Waals surface area (Å²) < 4.78 is 0. The number of hydrogen-bond acceptors (Lipinski definition) is 1. The zero-order chi connectivity index (χ0) is 13.5. The predicted octanol–water partition coefficient (Wildman–Crippen LogP) is 4.34. The number of hydrogen-bond donors (Lipinski definition) is 1. The van der Waals surface area contributed by atoms with E-state index in [2.05, 4.69) is 17.1 Å². The van der Waals surface area contributed by atoms with Crippen molar-refractivity contribution < 1.29 is 0 Å². The van der Waals surface area contributed by atoms with E-state index in [0.29, 0.717) is 5.92 Å². The summed E-state index contributed by atoms with van der Waals surface area (Å²) in [6.07, 6.45) is 4.96. The van der Waals surface area contributed by atoms with E-state index in [1.54, 1.807) is 0 Å². The van der Waals surface area contributed by atoms with Gasteiger partial charge in [0.25, 0.3) is 0 Å². The van der Waals surface area contributed by atoms with Gasteiger partial charge in [-0.15, -0.1) is 0 Å². The summed E-state index contributed by atoms with van der Waals surface area (Å²) >= 11 is 0. The minimum atomic E-state index is 0.145. The Labute approximate surface area is 117 Å². The van der Waals surface area contributed by atoms with E-state index in [1.165, 1.54) is 31.1 Å². The van der Waals surface area contributed by atoms with Crippen molar-refractivity contribution in [3.8, 4) is 0 Å². The second-order valence-corrected chi connectivity index (χ2v) is 5.78. The monoisotopic (exact) mass is 263 g/mol. The Morgan fingerprint density at radius 3 is 2.60 bits per heavy atom. The van der Waals surface area contributed by atoms with Crippen LogP contribution in [0.1, 0.15) is 37.3 Å². The first kappa shape index (κ1) is 11.7. The van der Waals surface area contributed by atoms with Crippen LogP contribution in [0.5, 0.6) is 0 Å². The van der Waals surface area contributed by atoms with Gasteiger partial charge in [-0.25, -0.2) is 0 Å². The van der Waals surface area contributed by atoms with Crippen molar-refractivity contribution in [3.63, 3.8) is 0 Å². The van der Waals surface area contributed by atoms with E-state index in [1.807, 2.05) is 30.3 Å². The van der Waals surface area contributed by atoms with Crippen molar-refractivity contribution in [2.75, 3.05) is 0 Å². The summed E-state index contributed by atoms with van der Waals surface area (Å²) in [4.78, 5) is 15.9. The van der Waals surface area contributed by atoms with Gasteiger partial charge in [-0.05, 0) is 30.2 Å². The molecule has 0 spiro atoms. The zero-order valence-corrected chi connectivity index (χ0v) is 11.4. The molecule has 1 aliphatic rings. The molecule has 1 aliphatic carbocycles. The minimum Gasteiger partial charge on any atom is -0.357 e. The predicted molar refractivity (Wildman–Crippen MR) is 83.3 cm³/mol. The normalized spacial score (nSPS) is 16.2. The Morgan fingerprint density at radius 1 is 0.950 bits per heavy atom. The maximum absolute atomic E-state index is 12.4. The van der Waals surface area contributed by atoms with Gasteiger partial charge in [0.1, 0.15) is 0 Å². The number of benzene rings is 2. The van der Waals surface area contributed by atoms with Gasteiger partial charge in [-0.3, -0.25) is 4.79 Å². The van der Waals surface area contributed by atoms with Crippen molar-refractivity contribution in [1.29, 1.82) is 0 Å². The molecular weight excluding hydrogens is 246 g/mol. The first-order chi connectivity index (χ1) is 9.83. The third-order valence-electron chi connectivity index (χ3n) is 4.55. The van der Waals surface area contributed by atoms with E-state index >= 15 is 0 Å². The average molecular weight is 263 g/mol. The molecule has 3 aromatic rings. The first-order valence-electron chi connectivity index (χ1n) is 7.37. The molecular formula is C18H17NO. The number of pyridine rings is 1. The molecule has 4 rings (SSSR count). The second-order valence-electron chi connectivity index (χ2n) is 5.78. The van der Waals surface area contributed by atoms with Crippen LogP contribution in [0.2, 0.25) is 0 Å². The highest BCUT2D eigenvalue weighted by molar-refractivity contribution is 6.04. The van der Waals surface area contributed by atoms with E-state index in [0.717, 1.165) is 22.0 Å². The number of fused-ring (bicyclic) bond motifs is 3. The highest BCUT2D eigenvalue weighted by Crippen LogP contribution is 2.33. The third-order valence-corrected chi connectivity index (χ3v) is 4.55. The molecule has 0 unspecified atom stereocenters. The summed E-state index contributed by atoms with van der Waals surface area (Å²) in [6, 6.07) is 14.0. The number of aromatic nitrogens is 1. The molecule has 100 valence electrons. The first-order valence-corrected chi connectivity index (χ1v) is 7.37. The maximum atomic E-state index is 12.4. The Morgan fingerprint density at radius 2 is 1.75 bits per heavy atom. The topological polar surface area (TPSA) is 32.9 Å². The smallest absolute Gasteiger partial charge is 0.189 e. The minimum absolute atomic E-state index is 0.145. The number of H-pyrrole nitrogens is 1. The molecule has 2 heteroatoms. The Balaban J connectivity index is 2.05. The fourth-order valence-corrected chi connectivity index (χ4v) is 3.47. The van der Waals surface area contributed by atoms with E-state index in [-0.39, 0.29) is 5.43 Å². The SMILES string of the molecule is O=c1cc(C2CCCC2)[nH]c2c1ccc1ccccc12. The van der Waals surface area contributed by atoms with Crippen molar-refractivity contribution >= 4 is 21.7 Å². The van der Waals surface area contributed by atoms with Crippen molar-refractivity contribution in [2.45, 2.75) is 31.6 Å². The molecule has 0 atom stereocenters. The third kappa shape index (κ3) is 1.75. The quantitative estimate of drug-likeness (QED) is 0.651. The molecule has 1 saturated carbocycles. The molecule has 2 aromatic carbocycles. The lowest BCUT2D eigenvalue weighted by Gasteiger charge is -2.12. The lowest BCUT2D eigenvalue weighted by molar-refractivity contribution is 0.700. The van der Waals surface area contributed by atoms with Gasteiger partial charge < -0.3 is 4.98 Å². The Kier molecular flexibility index (Phi) is 2.62. The molecule has 2 nitrogen and oxygen atoms in total. The van der Waals surface area contributed by atoms with Gasteiger partial charge in [0.2, 0.25) is 0 Å². The van der Waals surface area contributed by atoms with E-state index < -0.39 is 0 Å². The molecule has 1 N–H and O–H groups in total. The van der Waals surface area contributed by atoms with Crippen LogP contribution in [-0.2, 0) is 0 Å². The molecule has 0 amide bonds. The summed E-state index contributed by atoms with van der Waals surface area (Å²) in [5.74, 6) is 0.533.